The first-order valence-electron chi connectivity index (χ1n) is 24.8. The van der Waals surface area contributed by atoms with Crippen LogP contribution in [0.5, 0.6) is 0 Å². The molecule has 1 aliphatic heterocycles. The largest absolute Gasteiger partial charge is 0.324 e. The minimum atomic E-state index is -0.546. The molecule has 9 aromatic carbocycles. The molecule has 2 aromatic heterocycles. The van der Waals surface area contributed by atoms with Crippen LogP contribution >= 0.6 is 0 Å². The summed E-state index contributed by atoms with van der Waals surface area (Å²) in [7, 11) is 0. The Morgan fingerprint density at radius 2 is 1.03 bits per heavy atom. The van der Waals surface area contributed by atoms with Crippen LogP contribution in [0.2, 0.25) is 0 Å². The van der Waals surface area contributed by atoms with Gasteiger partial charge in [0.05, 0.1) is 22.2 Å². The number of hydrogen-bond donors (Lipinski definition) is 1. The highest BCUT2D eigenvalue weighted by atomic mass is 15.2. The van der Waals surface area contributed by atoms with Gasteiger partial charge in [0.15, 0.2) is 6.17 Å². The van der Waals surface area contributed by atoms with E-state index in [4.69, 9.17) is 9.98 Å². The molecule has 14 rings (SSSR count). The molecule has 0 saturated carbocycles. The number of para-hydroxylation sites is 3. The molecule has 0 radical (unpaired) electrons. The van der Waals surface area contributed by atoms with Crippen molar-refractivity contribution in [2.75, 3.05) is 0 Å². The van der Waals surface area contributed by atoms with Crippen molar-refractivity contribution in [3.8, 4) is 44.8 Å². The highest BCUT2D eigenvalue weighted by Crippen LogP contribution is 2.50. The summed E-state index contributed by atoms with van der Waals surface area (Å²) in [6.45, 7) is 4.69. The molecule has 71 heavy (non-hydrogen) atoms. The standard InChI is InChI=1S/C66H49N5/c1-66(2)54-32-13-9-24-46(54)49-30-17-31-53(62(49)66)65-68-63(44-40-38-43(39-41-44)42-20-5-3-6-21-42)67-64(69-65)52-27-12-16-35-57(52)71-56-34-15-11-26-51(56)61-48(29-19-37-59(61)71)47-28-18-36-58-60(47)50-25-10-14-33-55(50)70(58)45-22-7-4-8-23-45/h3-10,12-14,16-41,64H,11,15H2,1-2H3,(H,67,68,69). The van der Waals surface area contributed by atoms with Crippen LogP contribution < -0.4 is 15.9 Å². The minimum Gasteiger partial charge on any atom is -0.324 e. The third-order valence-electron chi connectivity index (χ3n) is 15.2. The Bertz CT molecular complexity index is 4150. The molecule has 0 amide bonds. The molecule has 0 bridgehead atoms. The second-order valence-electron chi connectivity index (χ2n) is 19.6. The molecule has 5 heteroatoms. The quantitative estimate of drug-likeness (QED) is 0.170. The lowest BCUT2D eigenvalue weighted by molar-refractivity contribution is 0.657. The highest BCUT2D eigenvalue weighted by Gasteiger charge is 2.39. The molecule has 1 unspecified atom stereocenters. The number of hydrogen-bond acceptors (Lipinski definition) is 3. The predicted molar refractivity (Wildman–Crippen MR) is 295 cm³/mol. The topological polar surface area (TPSA) is 46.6 Å². The fourth-order valence-electron chi connectivity index (χ4n) is 12.1. The van der Waals surface area contributed by atoms with Crippen molar-refractivity contribution >= 4 is 56.5 Å². The van der Waals surface area contributed by atoms with Crippen molar-refractivity contribution in [1.29, 1.82) is 0 Å². The zero-order chi connectivity index (χ0) is 47.2. The van der Waals surface area contributed by atoms with E-state index in [1.54, 1.807) is 0 Å². The van der Waals surface area contributed by atoms with Crippen LogP contribution in [-0.4, -0.2) is 20.8 Å². The molecule has 5 nitrogen and oxygen atoms in total. The van der Waals surface area contributed by atoms with Gasteiger partial charge < -0.3 is 14.5 Å². The molecule has 3 heterocycles. The van der Waals surface area contributed by atoms with Gasteiger partial charge in [-0.3, -0.25) is 0 Å². The summed E-state index contributed by atoms with van der Waals surface area (Å²) in [5, 5.41) is 10.1. The molecular formula is C66H49N5. The molecule has 338 valence electrons. The normalized spacial score (nSPS) is 15.5. The molecule has 11 aromatic rings. The number of aromatic nitrogens is 2. The van der Waals surface area contributed by atoms with Gasteiger partial charge in [0, 0.05) is 54.5 Å². The minimum absolute atomic E-state index is 0.236. The van der Waals surface area contributed by atoms with Gasteiger partial charge in [-0.25, -0.2) is 9.98 Å². The molecule has 2 aliphatic carbocycles. The smallest absolute Gasteiger partial charge is 0.171 e. The van der Waals surface area contributed by atoms with Crippen LogP contribution in [0.1, 0.15) is 60.7 Å². The Kier molecular flexibility index (Phi) is 9.37. The van der Waals surface area contributed by atoms with Gasteiger partial charge >= 0.3 is 0 Å². The fourth-order valence-corrected chi connectivity index (χ4v) is 12.1. The first-order chi connectivity index (χ1) is 35.0. The van der Waals surface area contributed by atoms with Crippen molar-refractivity contribution in [3.63, 3.8) is 0 Å². The summed E-state index contributed by atoms with van der Waals surface area (Å²) >= 11 is 0. The molecule has 0 spiro atoms. The Morgan fingerprint density at radius 1 is 0.451 bits per heavy atom. The van der Waals surface area contributed by atoms with Crippen LogP contribution in [0.25, 0.3) is 89.6 Å². The molecule has 0 fully saturated rings. The lowest BCUT2D eigenvalue weighted by Gasteiger charge is -2.28. The Hall–Kier alpha value is -8.80. The number of rotatable bonds is 7. The summed E-state index contributed by atoms with van der Waals surface area (Å²) in [6.07, 6.45) is 6.30. The van der Waals surface area contributed by atoms with Gasteiger partial charge in [-0.05, 0) is 93.7 Å². The second kappa shape index (κ2) is 16.1. The van der Waals surface area contributed by atoms with E-state index in [1.807, 2.05) is 0 Å². The lowest BCUT2D eigenvalue weighted by Crippen LogP contribution is -2.37. The number of nitrogens with zero attached hydrogens (tertiary/aromatic N) is 4. The summed E-state index contributed by atoms with van der Waals surface area (Å²) in [5.74, 6) is 1.62. The molecule has 3 aliphatic rings. The summed E-state index contributed by atoms with van der Waals surface area (Å²) in [5.41, 5.74) is 18.7. The average molecular weight is 912 g/mol. The van der Waals surface area contributed by atoms with Gasteiger partial charge in [-0.1, -0.05) is 202 Å². The van der Waals surface area contributed by atoms with Gasteiger partial charge in [-0.2, -0.15) is 0 Å². The van der Waals surface area contributed by atoms with E-state index in [0.717, 1.165) is 63.7 Å². The zero-order valence-electron chi connectivity index (χ0n) is 39.6. The van der Waals surface area contributed by atoms with Crippen LogP contribution in [0.15, 0.2) is 222 Å². The fraction of sp³-hybridized carbons (Fsp3) is 0.0909. The summed E-state index contributed by atoms with van der Waals surface area (Å²) in [4.78, 5) is 11.2. The lowest BCUT2D eigenvalue weighted by atomic mass is 9.80. The van der Waals surface area contributed by atoms with Crippen molar-refractivity contribution in [3.05, 3.63) is 251 Å². The SMILES string of the molecule is CC1(C)c2ccccc2-c2cccc(C3=NC(c4ccccc4-n4c5c(c6c(-c7cccc8c7c7ccccc7n8-c7ccccc7)cccc64)=CCCC=5)N=C(c4ccc(-c5ccccc5)cc4)N3)c21. The predicted octanol–water partition coefficient (Wildman–Crippen LogP) is 14.2. The van der Waals surface area contributed by atoms with Crippen LogP contribution in [0.4, 0.5) is 0 Å². The van der Waals surface area contributed by atoms with Gasteiger partial charge in [-0.15, -0.1) is 0 Å². The first-order valence-corrected chi connectivity index (χ1v) is 24.8. The maximum absolute atomic E-state index is 5.67. The van der Waals surface area contributed by atoms with Crippen molar-refractivity contribution < 1.29 is 0 Å². The monoisotopic (exact) mass is 911 g/mol. The maximum atomic E-state index is 5.67. The Morgan fingerprint density at radius 3 is 1.86 bits per heavy atom. The van der Waals surface area contributed by atoms with Crippen LogP contribution in [0, 0.1) is 0 Å². The van der Waals surface area contributed by atoms with Crippen LogP contribution in [-0.2, 0) is 5.41 Å². The van der Waals surface area contributed by atoms with Crippen molar-refractivity contribution in [1.82, 2.24) is 14.5 Å². The van der Waals surface area contributed by atoms with E-state index in [0.29, 0.717) is 0 Å². The third kappa shape index (κ3) is 6.39. The van der Waals surface area contributed by atoms with Gasteiger partial charge in [0.25, 0.3) is 0 Å². The summed E-state index contributed by atoms with van der Waals surface area (Å²) < 4.78 is 4.91. The number of benzene rings is 9. The van der Waals surface area contributed by atoms with E-state index < -0.39 is 6.17 Å². The Balaban J connectivity index is 0.973. The first kappa shape index (κ1) is 41.2. The second-order valence-corrected chi connectivity index (χ2v) is 19.6. The van der Waals surface area contributed by atoms with E-state index in [9.17, 15) is 0 Å². The van der Waals surface area contributed by atoms with E-state index in [1.165, 1.54) is 76.7 Å². The molecule has 1 N–H and O–H groups in total. The van der Waals surface area contributed by atoms with E-state index >= 15 is 0 Å². The Labute approximate surface area is 412 Å². The summed E-state index contributed by atoms with van der Waals surface area (Å²) in [6, 6.07) is 76.9. The number of nitrogens with one attached hydrogen (secondary N) is 1. The third-order valence-corrected chi connectivity index (χ3v) is 15.2. The highest BCUT2D eigenvalue weighted by molar-refractivity contribution is 6.19. The van der Waals surface area contributed by atoms with Crippen molar-refractivity contribution in [2.45, 2.75) is 38.3 Å². The molecule has 1 atom stereocenters. The van der Waals surface area contributed by atoms with Gasteiger partial charge in [0.1, 0.15) is 11.7 Å². The maximum Gasteiger partial charge on any atom is 0.171 e. The zero-order valence-corrected chi connectivity index (χ0v) is 39.6. The van der Waals surface area contributed by atoms with Gasteiger partial charge in [0.2, 0.25) is 0 Å². The molecular weight excluding hydrogens is 863 g/mol. The number of aliphatic imine (C=N–C) groups is 2. The van der Waals surface area contributed by atoms with E-state index in [-0.39, 0.29) is 5.41 Å². The number of fused-ring (bicyclic) bond motifs is 9. The average Bonchev–Trinajstić information content (AvgIpc) is 4.04. The van der Waals surface area contributed by atoms with Crippen LogP contribution in [0.3, 0.4) is 0 Å². The van der Waals surface area contributed by atoms with Crippen molar-refractivity contribution in [2.24, 2.45) is 9.98 Å². The number of amidine groups is 2. The molecule has 0 saturated heterocycles. The van der Waals surface area contributed by atoms with E-state index in [2.05, 4.69) is 253 Å².